The number of piperidine rings is 1. The molecule has 1 aromatic carbocycles. The van der Waals surface area contributed by atoms with E-state index in [9.17, 15) is 13.7 Å². The van der Waals surface area contributed by atoms with Crippen molar-refractivity contribution >= 4 is 44.3 Å². The van der Waals surface area contributed by atoms with E-state index in [0.29, 0.717) is 9.90 Å². The second kappa shape index (κ2) is 8.65. The third-order valence-corrected chi connectivity index (χ3v) is 10.0. The summed E-state index contributed by atoms with van der Waals surface area (Å²) in [5, 5.41) is 0.990. The van der Waals surface area contributed by atoms with Gasteiger partial charge < -0.3 is 15.2 Å². The van der Waals surface area contributed by atoms with E-state index in [2.05, 4.69) is 6.07 Å². The molecule has 8 heteroatoms. The average molecular weight is 472 g/mol. The van der Waals surface area contributed by atoms with E-state index in [1.165, 1.54) is 23.5 Å². The van der Waals surface area contributed by atoms with Gasteiger partial charge in [-0.25, -0.2) is 9.37 Å². The van der Waals surface area contributed by atoms with Crippen LogP contribution in [0.15, 0.2) is 34.5 Å². The fourth-order valence-corrected chi connectivity index (χ4v) is 7.78. The first-order chi connectivity index (χ1) is 15.4. The van der Waals surface area contributed by atoms with Gasteiger partial charge in [0.15, 0.2) is 0 Å². The second-order valence-electron chi connectivity index (χ2n) is 8.72. The van der Waals surface area contributed by atoms with E-state index in [0.717, 1.165) is 72.2 Å². The summed E-state index contributed by atoms with van der Waals surface area (Å²) >= 11 is 0.304. The van der Waals surface area contributed by atoms with Crippen LogP contribution in [0.25, 0.3) is 21.3 Å². The number of carbonyl (C=O) groups excluding carboxylic acids is 1. The number of aromatic nitrogens is 1. The minimum Gasteiger partial charge on any atom is -0.611 e. The van der Waals surface area contributed by atoms with Crippen LogP contribution in [0.5, 0.6) is 0 Å². The summed E-state index contributed by atoms with van der Waals surface area (Å²) in [6.45, 7) is 3.04. The normalized spacial score (nSPS) is 18.7. The molecular formula is C24H26FN3O2S2. The number of hydrogen-bond donors (Lipinski definition) is 1. The number of fused-ring (bicyclic) bond motifs is 1. The van der Waals surface area contributed by atoms with Crippen molar-refractivity contribution in [2.75, 3.05) is 18.8 Å². The molecule has 1 saturated heterocycles. The minimum absolute atomic E-state index is 0.105. The molecule has 1 saturated carbocycles. The van der Waals surface area contributed by atoms with Crippen LogP contribution in [0.4, 0.5) is 10.1 Å². The zero-order chi connectivity index (χ0) is 22.4. The van der Waals surface area contributed by atoms with Crippen molar-refractivity contribution in [1.29, 1.82) is 0 Å². The van der Waals surface area contributed by atoms with Crippen molar-refractivity contribution in [3.8, 4) is 11.1 Å². The number of anilines is 1. The molecule has 168 valence electrons. The van der Waals surface area contributed by atoms with E-state index in [1.54, 1.807) is 19.1 Å². The number of pyridine rings is 1. The summed E-state index contributed by atoms with van der Waals surface area (Å²) in [7, 11) is 0. The van der Waals surface area contributed by atoms with Gasteiger partial charge in [-0.05, 0) is 61.4 Å². The Bertz CT molecular complexity index is 1150. The molecule has 0 bridgehead atoms. The van der Waals surface area contributed by atoms with Crippen LogP contribution < -0.4 is 5.73 Å². The molecule has 5 nitrogen and oxygen atoms in total. The first-order valence-electron chi connectivity index (χ1n) is 11.1. The molecule has 1 unspecified atom stereocenters. The first kappa shape index (κ1) is 21.7. The number of nitrogens with two attached hydrogens (primary N) is 1. The van der Waals surface area contributed by atoms with Crippen molar-refractivity contribution in [1.82, 2.24) is 9.88 Å². The van der Waals surface area contributed by atoms with E-state index in [1.807, 2.05) is 4.90 Å². The van der Waals surface area contributed by atoms with Crippen LogP contribution in [0, 0.1) is 5.82 Å². The fourth-order valence-electron chi connectivity index (χ4n) is 4.56. The molecule has 3 aromatic rings. The molecule has 1 atom stereocenters. The largest absolute Gasteiger partial charge is 0.611 e. The van der Waals surface area contributed by atoms with Crippen molar-refractivity contribution in [3.05, 3.63) is 41.8 Å². The maximum atomic E-state index is 13.6. The maximum Gasteiger partial charge on any atom is 0.232 e. The predicted molar refractivity (Wildman–Crippen MR) is 128 cm³/mol. The summed E-state index contributed by atoms with van der Waals surface area (Å²) in [5.41, 5.74) is 9.84. The second-order valence-corrected chi connectivity index (χ2v) is 11.6. The van der Waals surface area contributed by atoms with E-state index < -0.39 is 11.2 Å². The fraction of sp³-hybridized carbons (Fsp3) is 0.417. The highest BCUT2D eigenvalue weighted by Crippen LogP contribution is 2.46. The number of amides is 1. The molecule has 0 radical (unpaired) electrons. The number of nitrogen functional groups attached to an aromatic ring is 1. The number of rotatable bonds is 4. The number of nitrogens with zero attached hydrogens (tertiary/aromatic N) is 2. The van der Waals surface area contributed by atoms with Gasteiger partial charge in [-0.1, -0.05) is 23.5 Å². The van der Waals surface area contributed by atoms with Gasteiger partial charge in [-0.2, -0.15) is 0 Å². The number of benzene rings is 1. The summed E-state index contributed by atoms with van der Waals surface area (Å²) in [6, 6.07) is 8.46. The molecule has 5 rings (SSSR count). The first-order valence-corrected chi connectivity index (χ1v) is 13.1. The molecule has 2 aliphatic rings. The molecule has 1 aliphatic carbocycles. The third kappa shape index (κ3) is 3.89. The van der Waals surface area contributed by atoms with E-state index in [4.69, 9.17) is 10.7 Å². The van der Waals surface area contributed by atoms with Crippen molar-refractivity contribution < 1.29 is 13.7 Å². The Morgan fingerprint density at radius 2 is 1.91 bits per heavy atom. The third-order valence-electron chi connectivity index (χ3n) is 6.74. The van der Waals surface area contributed by atoms with Crippen molar-refractivity contribution in [2.45, 2.75) is 54.4 Å². The predicted octanol–water partition coefficient (Wildman–Crippen LogP) is 5.07. The molecule has 2 N–H and O–H groups in total. The van der Waals surface area contributed by atoms with Gasteiger partial charge in [-0.3, -0.25) is 4.79 Å². The molecule has 2 fully saturated rings. The number of hydrogen-bond acceptors (Lipinski definition) is 5. The average Bonchev–Trinajstić information content (AvgIpc) is 3.09. The van der Waals surface area contributed by atoms with Crippen LogP contribution in [-0.4, -0.2) is 38.7 Å². The molecular weight excluding hydrogens is 445 g/mol. The van der Waals surface area contributed by atoms with Gasteiger partial charge in [0, 0.05) is 48.2 Å². The molecule has 32 heavy (non-hydrogen) atoms. The molecule has 0 spiro atoms. The van der Waals surface area contributed by atoms with E-state index in [-0.39, 0.29) is 22.9 Å². The number of carbonyl (C=O) groups is 1. The highest BCUT2D eigenvalue weighted by molar-refractivity contribution is 7.94. The smallest absolute Gasteiger partial charge is 0.232 e. The zero-order valence-corrected chi connectivity index (χ0v) is 19.6. The van der Waals surface area contributed by atoms with Crippen LogP contribution in [0.2, 0.25) is 0 Å². The molecule has 2 aromatic heterocycles. The van der Waals surface area contributed by atoms with Gasteiger partial charge in [0.25, 0.3) is 0 Å². The Labute approximate surface area is 194 Å². The lowest BCUT2D eigenvalue weighted by Gasteiger charge is -2.31. The monoisotopic (exact) mass is 471 g/mol. The SMILES string of the molecule is CC(=O)N1CCC(c2cc(-c3ccc(F)cc3)c3c(N)c([S+]([O-])C4CCC4)sc3n2)CC1. The van der Waals surface area contributed by atoms with Gasteiger partial charge in [0.1, 0.15) is 21.6 Å². The quantitative estimate of drug-likeness (QED) is 0.539. The summed E-state index contributed by atoms with van der Waals surface area (Å²) in [4.78, 5) is 19.3. The number of thiophene rings is 1. The van der Waals surface area contributed by atoms with Crippen molar-refractivity contribution in [2.24, 2.45) is 0 Å². The Kier molecular flexibility index (Phi) is 5.86. The van der Waals surface area contributed by atoms with Gasteiger partial charge in [-0.15, -0.1) is 0 Å². The van der Waals surface area contributed by atoms with Crippen LogP contribution in [-0.2, 0) is 16.0 Å². The van der Waals surface area contributed by atoms with Crippen molar-refractivity contribution in [3.63, 3.8) is 0 Å². The lowest BCUT2D eigenvalue weighted by atomic mass is 9.90. The molecule has 1 aliphatic heterocycles. The summed E-state index contributed by atoms with van der Waals surface area (Å²) in [5.74, 6) is 0.0482. The van der Waals surface area contributed by atoms with Crippen LogP contribution in [0.1, 0.15) is 50.6 Å². The zero-order valence-electron chi connectivity index (χ0n) is 18.0. The Morgan fingerprint density at radius 3 is 2.50 bits per heavy atom. The highest BCUT2D eigenvalue weighted by atomic mass is 32.2. The lowest BCUT2D eigenvalue weighted by molar-refractivity contribution is -0.129. The highest BCUT2D eigenvalue weighted by Gasteiger charge is 2.35. The summed E-state index contributed by atoms with van der Waals surface area (Å²) < 4.78 is 27.4. The van der Waals surface area contributed by atoms with Gasteiger partial charge >= 0.3 is 0 Å². The standard InChI is InChI=1S/C24H26FN3O2S2/c1-14(29)28-11-9-16(10-12-28)20-13-19(15-5-7-17(25)8-6-15)21-22(26)24(31-23(21)27-20)32(30)18-3-2-4-18/h5-8,13,16,18H,2-4,9-12,26H2,1H3. The summed E-state index contributed by atoms with van der Waals surface area (Å²) in [6.07, 6.45) is 4.76. The topological polar surface area (TPSA) is 82.3 Å². The molecule has 1 amide bonds. The van der Waals surface area contributed by atoms with Crippen LogP contribution in [0.3, 0.4) is 0 Å². The Morgan fingerprint density at radius 1 is 1.22 bits per heavy atom. The number of halogens is 1. The van der Waals surface area contributed by atoms with Crippen LogP contribution >= 0.6 is 11.3 Å². The van der Waals surface area contributed by atoms with Gasteiger partial charge in [0.05, 0.1) is 0 Å². The Balaban J connectivity index is 1.60. The van der Waals surface area contributed by atoms with E-state index >= 15 is 0 Å². The lowest BCUT2D eigenvalue weighted by Crippen LogP contribution is -2.36. The number of likely N-dealkylation sites (tertiary alicyclic amines) is 1. The Hall–Kier alpha value is -2.16. The minimum atomic E-state index is -1.13. The molecule has 3 heterocycles. The van der Waals surface area contributed by atoms with Gasteiger partial charge in [0.2, 0.25) is 10.1 Å². The maximum absolute atomic E-state index is 13.6.